The molecule has 0 saturated carbocycles. The maximum atomic E-state index is 11.5. The average Bonchev–Trinajstić information content (AvgIpc) is 3.65. The van der Waals surface area contributed by atoms with E-state index >= 15 is 0 Å². The molecule has 0 bridgehead atoms. The quantitative estimate of drug-likeness (QED) is 0.0854. The SMILES string of the molecule is CCCCCCCCc1cc(Br)sc1-c1nc2sc(-c3sc(C=O)cc3CCCCCCCC)nc2s1. The molecule has 4 rings (SSSR count). The minimum Gasteiger partial charge on any atom is -0.297 e. The van der Waals surface area contributed by atoms with Crippen molar-refractivity contribution in [3.63, 3.8) is 0 Å². The van der Waals surface area contributed by atoms with Crippen molar-refractivity contribution in [1.29, 1.82) is 0 Å². The summed E-state index contributed by atoms with van der Waals surface area (Å²) in [6.45, 7) is 4.52. The number of unbranched alkanes of at least 4 members (excludes halogenated alkanes) is 10. The van der Waals surface area contributed by atoms with Gasteiger partial charge in [-0.25, -0.2) is 9.97 Å². The molecule has 0 radical (unpaired) electrons. The first-order valence-electron chi connectivity index (χ1n) is 13.8. The van der Waals surface area contributed by atoms with Gasteiger partial charge in [-0.05, 0) is 64.9 Å². The van der Waals surface area contributed by atoms with Crippen molar-refractivity contribution in [2.45, 2.75) is 104 Å². The van der Waals surface area contributed by atoms with Gasteiger partial charge in [-0.2, -0.15) is 0 Å². The van der Waals surface area contributed by atoms with Crippen LogP contribution in [0.4, 0.5) is 0 Å². The van der Waals surface area contributed by atoms with Crippen LogP contribution < -0.4 is 0 Å². The molecule has 0 amide bonds. The Kier molecular flexibility index (Phi) is 11.8. The monoisotopic (exact) mass is 636 g/mol. The van der Waals surface area contributed by atoms with Gasteiger partial charge in [0.2, 0.25) is 0 Å². The zero-order chi connectivity index (χ0) is 26.0. The zero-order valence-corrected chi connectivity index (χ0v) is 26.8. The van der Waals surface area contributed by atoms with Gasteiger partial charge in [-0.3, -0.25) is 4.79 Å². The number of aldehydes is 1. The summed E-state index contributed by atoms with van der Waals surface area (Å²) in [7, 11) is 0. The number of hydrogen-bond acceptors (Lipinski definition) is 7. The fraction of sp³-hybridized carbons (Fsp3) is 0.552. The van der Waals surface area contributed by atoms with Gasteiger partial charge in [-0.15, -0.1) is 22.7 Å². The van der Waals surface area contributed by atoms with Crippen molar-refractivity contribution in [1.82, 2.24) is 9.97 Å². The second kappa shape index (κ2) is 15.0. The topological polar surface area (TPSA) is 42.9 Å². The van der Waals surface area contributed by atoms with Gasteiger partial charge < -0.3 is 0 Å². The molecule has 0 aliphatic heterocycles. The Bertz CT molecular complexity index is 1240. The molecule has 0 aliphatic rings. The maximum Gasteiger partial charge on any atom is 0.160 e. The van der Waals surface area contributed by atoms with Gasteiger partial charge in [-0.1, -0.05) is 101 Å². The minimum atomic E-state index is 0.797. The summed E-state index contributed by atoms with van der Waals surface area (Å²) < 4.78 is 1.18. The fourth-order valence-electron chi connectivity index (χ4n) is 4.66. The molecule has 4 aromatic rings. The number of carbonyl (C=O) groups excluding carboxylic acids is 1. The van der Waals surface area contributed by atoms with Crippen molar-refractivity contribution in [2.24, 2.45) is 0 Å². The van der Waals surface area contributed by atoms with E-state index < -0.39 is 0 Å². The van der Waals surface area contributed by atoms with E-state index in [0.717, 1.165) is 48.6 Å². The Morgan fingerprint density at radius 1 is 0.676 bits per heavy atom. The lowest BCUT2D eigenvalue weighted by Gasteiger charge is -2.02. The van der Waals surface area contributed by atoms with E-state index in [-0.39, 0.29) is 0 Å². The normalized spacial score (nSPS) is 11.6. The third-order valence-corrected chi connectivity index (χ3v) is 11.8. The number of fused-ring (bicyclic) bond motifs is 1. The number of thiophene rings is 2. The van der Waals surface area contributed by atoms with E-state index in [0.29, 0.717) is 0 Å². The Balaban J connectivity index is 1.45. The smallest absolute Gasteiger partial charge is 0.160 e. The maximum absolute atomic E-state index is 11.5. The van der Waals surface area contributed by atoms with Gasteiger partial charge >= 0.3 is 0 Å². The molecule has 8 heteroatoms. The van der Waals surface area contributed by atoms with Crippen LogP contribution in [0.5, 0.6) is 0 Å². The van der Waals surface area contributed by atoms with Gasteiger partial charge in [0.15, 0.2) is 15.9 Å². The van der Waals surface area contributed by atoms with Crippen LogP contribution >= 0.6 is 61.3 Å². The van der Waals surface area contributed by atoms with Crippen molar-refractivity contribution < 1.29 is 4.79 Å². The molecule has 0 N–H and O–H groups in total. The summed E-state index contributed by atoms with van der Waals surface area (Å²) in [4.78, 5) is 26.8. The third-order valence-electron chi connectivity index (χ3n) is 6.69. The highest BCUT2D eigenvalue weighted by Crippen LogP contribution is 2.44. The summed E-state index contributed by atoms with van der Waals surface area (Å²) in [6, 6.07) is 4.35. The van der Waals surface area contributed by atoms with E-state index in [4.69, 9.17) is 9.97 Å². The van der Waals surface area contributed by atoms with E-state index in [9.17, 15) is 4.79 Å². The van der Waals surface area contributed by atoms with Crippen LogP contribution in [0.2, 0.25) is 0 Å². The molecule has 0 atom stereocenters. The third kappa shape index (κ3) is 8.04. The van der Waals surface area contributed by atoms with Crippen LogP contribution in [-0.4, -0.2) is 16.3 Å². The molecule has 0 fully saturated rings. The molecular weight excluding hydrogens is 601 g/mol. The van der Waals surface area contributed by atoms with Crippen molar-refractivity contribution in [3.8, 4) is 19.8 Å². The van der Waals surface area contributed by atoms with Gasteiger partial charge in [0.25, 0.3) is 0 Å². The fourth-order valence-corrected chi connectivity index (χ4v) is 9.65. The summed E-state index contributed by atoms with van der Waals surface area (Å²) in [5, 5.41) is 2.10. The number of thiazole rings is 2. The molecular formula is C29H37BrN2OS4. The molecule has 0 saturated heterocycles. The molecule has 0 unspecified atom stereocenters. The second-order valence-electron chi connectivity index (χ2n) is 9.71. The molecule has 0 aromatic carbocycles. The highest BCUT2D eigenvalue weighted by molar-refractivity contribution is 9.11. The Labute approximate surface area is 245 Å². The highest BCUT2D eigenvalue weighted by Gasteiger charge is 2.20. The van der Waals surface area contributed by atoms with Gasteiger partial charge in [0.1, 0.15) is 10.0 Å². The molecule has 4 aromatic heterocycles. The van der Waals surface area contributed by atoms with Crippen LogP contribution in [0, 0.1) is 0 Å². The molecule has 200 valence electrons. The first-order chi connectivity index (χ1) is 18.1. The van der Waals surface area contributed by atoms with Gasteiger partial charge in [0, 0.05) is 0 Å². The molecule has 4 heterocycles. The number of rotatable bonds is 17. The average molecular weight is 638 g/mol. The van der Waals surface area contributed by atoms with E-state index in [1.54, 1.807) is 45.3 Å². The van der Waals surface area contributed by atoms with Crippen molar-refractivity contribution in [2.75, 3.05) is 0 Å². The lowest BCUT2D eigenvalue weighted by Crippen LogP contribution is -1.87. The lowest BCUT2D eigenvalue weighted by atomic mass is 10.1. The largest absolute Gasteiger partial charge is 0.297 e. The van der Waals surface area contributed by atoms with E-state index in [2.05, 4.69) is 41.9 Å². The summed E-state index contributed by atoms with van der Waals surface area (Å²) in [6.07, 6.45) is 18.6. The molecule has 37 heavy (non-hydrogen) atoms. The summed E-state index contributed by atoms with van der Waals surface area (Å²) >= 11 is 10.5. The number of carbonyl (C=O) groups is 1. The van der Waals surface area contributed by atoms with Crippen molar-refractivity contribution in [3.05, 3.63) is 31.9 Å². The van der Waals surface area contributed by atoms with Crippen LogP contribution in [0.3, 0.4) is 0 Å². The van der Waals surface area contributed by atoms with Gasteiger partial charge in [0.05, 0.1) is 18.4 Å². The van der Waals surface area contributed by atoms with Crippen LogP contribution in [0.1, 0.15) is 112 Å². The predicted octanol–water partition coefficient (Wildman–Crippen LogP) is 11.6. The Hall–Kier alpha value is -0.930. The number of nitrogens with zero attached hydrogens (tertiary/aromatic N) is 2. The predicted molar refractivity (Wildman–Crippen MR) is 169 cm³/mol. The Morgan fingerprint density at radius 3 is 1.70 bits per heavy atom. The second-order valence-corrected chi connectivity index (χ2v) is 15.2. The molecule has 0 spiro atoms. The summed E-state index contributed by atoms with van der Waals surface area (Å²) in [5.41, 5.74) is 2.68. The summed E-state index contributed by atoms with van der Waals surface area (Å²) in [5.74, 6) is 0. The molecule has 0 aliphatic carbocycles. The number of hydrogen-bond donors (Lipinski definition) is 0. The van der Waals surface area contributed by atoms with Crippen LogP contribution in [-0.2, 0) is 12.8 Å². The standard InChI is InChI=1S/C29H37BrN2OS4/c1-3-5-7-9-11-13-15-20-17-22(19-33)34-24(20)26-31-28-29(36-26)32-27(37-28)25-21(18-23(30)35-25)16-14-12-10-8-6-4-2/h17-19H,3-16H2,1-2H3. The highest BCUT2D eigenvalue weighted by atomic mass is 79.9. The van der Waals surface area contributed by atoms with Crippen LogP contribution in [0.25, 0.3) is 29.4 Å². The van der Waals surface area contributed by atoms with E-state index in [1.165, 1.54) is 96.8 Å². The number of halogens is 1. The molecule has 3 nitrogen and oxygen atoms in total. The van der Waals surface area contributed by atoms with Crippen LogP contribution in [0.15, 0.2) is 15.9 Å². The number of aromatic nitrogens is 2. The first kappa shape index (κ1) is 29.1. The van der Waals surface area contributed by atoms with E-state index in [1.807, 2.05) is 0 Å². The van der Waals surface area contributed by atoms with Crippen molar-refractivity contribution >= 4 is 77.2 Å². The zero-order valence-electron chi connectivity index (χ0n) is 21.9. The minimum absolute atomic E-state index is 0.797. The lowest BCUT2D eigenvalue weighted by molar-refractivity contribution is 0.112. The first-order valence-corrected chi connectivity index (χ1v) is 17.8. The number of aryl methyl sites for hydroxylation is 2. The Morgan fingerprint density at radius 2 is 1.16 bits per heavy atom.